The SMILES string of the molecule is C=C(C)COc1ccccc1NC(=O)CCc1ccccc1. The highest BCUT2D eigenvalue weighted by Crippen LogP contribution is 2.24. The molecular formula is C19H21NO2. The maximum atomic E-state index is 12.1. The van der Waals surface area contributed by atoms with E-state index in [0.717, 1.165) is 17.6 Å². The van der Waals surface area contributed by atoms with Gasteiger partial charge >= 0.3 is 0 Å². The third kappa shape index (κ3) is 5.09. The van der Waals surface area contributed by atoms with Crippen LogP contribution in [-0.2, 0) is 11.2 Å². The molecule has 2 aromatic rings. The molecule has 2 rings (SSSR count). The highest BCUT2D eigenvalue weighted by molar-refractivity contribution is 5.92. The van der Waals surface area contributed by atoms with Gasteiger partial charge in [-0.3, -0.25) is 4.79 Å². The largest absolute Gasteiger partial charge is 0.487 e. The molecule has 0 aromatic heterocycles. The Labute approximate surface area is 131 Å². The summed E-state index contributed by atoms with van der Waals surface area (Å²) in [6.07, 6.45) is 1.17. The van der Waals surface area contributed by atoms with E-state index < -0.39 is 0 Å². The predicted octanol–water partition coefficient (Wildman–Crippen LogP) is 4.21. The molecule has 1 N–H and O–H groups in total. The van der Waals surface area contributed by atoms with E-state index in [1.165, 1.54) is 0 Å². The molecule has 0 bridgehead atoms. The number of carbonyl (C=O) groups is 1. The Morgan fingerprint density at radius 2 is 1.77 bits per heavy atom. The maximum Gasteiger partial charge on any atom is 0.224 e. The minimum atomic E-state index is -0.0183. The van der Waals surface area contributed by atoms with Gasteiger partial charge in [-0.05, 0) is 36.6 Å². The standard InChI is InChI=1S/C19H21NO2/c1-15(2)14-22-18-11-7-6-10-17(18)20-19(21)13-12-16-8-4-3-5-9-16/h3-11H,1,12-14H2,2H3,(H,20,21). The molecule has 0 unspecified atom stereocenters. The number of aryl methyl sites for hydroxylation is 1. The number of amides is 1. The number of benzene rings is 2. The molecular weight excluding hydrogens is 274 g/mol. The molecule has 0 aliphatic rings. The molecule has 0 saturated carbocycles. The van der Waals surface area contributed by atoms with Crippen LogP contribution >= 0.6 is 0 Å². The second-order valence-electron chi connectivity index (χ2n) is 5.28. The van der Waals surface area contributed by atoms with Crippen LogP contribution in [0.5, 0.6) is 5.75 Å². The second-order valence-corrected chi connectivity index (χ2v) is 5.28. The molecule has 22 heavy (non-hydrogen) atoms. The van der Waals surface area contributed by atoms with Gasteiger partial charge in [-0.15, -0.1) is 0 Å². The number of anilines is 1. The summed E-state index contributed by atoms with van der Waals surface area (Å²) >= 11 is 0. The average Bonchev–Trinajstić information content (AvgIpc) is 2.53. The number of para-hydroxylation sites is 2. The van der Waals surface area contributed by atoms with Crippen LogP contribution in [0.2, 0.25) is 0 Å². The van der Waals surface area contributed by atoms with Crippen LogP contribution in [0.4, 0.5) is 5.69 Å². The fraction of sp³-hybridized carbons (Fsp3) is 0.211. The highest BCUT2D eigenvalue weighted by Gasteiger charge is 2.08. The zero-order chi connectivity index (χ0) is 15.8. The number of hydrogen-bond acceptors (Lipinski definition) is 2. The van der Waals surface area contributed by atoms with Crippen molar-refractivity contribution < 1.29 is 9.53 Å². The third-order valence-electron chi connectivity index (χ3n) is 3.12. The third-order valence-corrected chi connectivity index (χ3v) is 3.12. The first kappa shape index (κ1) is 15.8. The molecule has 0 aliphatic carbocycles. The Kier molecular flexibility index (Phi) is 5.78. The fourth-order valence-corrected chi connectivity index (χ4v) is 2.01. The van der Waals surface area contributed by atoms with Crippen molar-refractivity contribution in [1.29, 1.82) is 0 Å². The fourth-order valence-electron chi connectivity index (χ4n) is 2.01. The van der Waals surface area contributed by atoms with Crippen molar-refractivity contribution in [2.24, 2.45) is 0 Å². The van der Waals surface area contributed by atoms with E-state index in [2.05, 4.69) is 11.9 Å². The van der Waals surface area contributed by atoms with Gasteiger partial charge in [0.1, 0.15) is 12.4 Å². The summed E-state index contributed by atoms with van der Waals surface area (Å²) in [4.78, 5) is 12.1. The van der Waals surface area contributed by atoms with E-state index in [0.29, 0.717) is 24.5 Å². The summed E-state index contributed by atoms with van der Waals surface area (Å²) in [6, 6.07) is 17.4. The van der Waals surface area contributed by atoms with Crippen molar-refractivity contribution in [2.75, 3.05) is 11.9 Å². The van der Waals surface area contributed by atoms with Gasteiger partial charge in [0.2, 0.25) is 5.91 Å². The summed E-state index contributed by atoms with van der Waals surface area (Å²) in [6.45, 7) is 6.16. The minimum absolute atomic E-state index is 0.0183. The smallest absolute Gasteiger partial charge is 0.224 e. The molecule has 1 amide bonds. The van der Waals surface area contributed by atoms with Gasteiger partial charge in [-0.2, -0.15) is 0 Å². The lowest BCUT2D eigenvalue weighted by Crippen LogP contribution is -2.13. The molecule has 3 nitrogen and oxygen atoms in total. The summed E-state index contributed by atoms with van der Waals surface area (Å²) in [7, 11) is 0. The van der Waals surface area contributed by atoms with Crippen molar-refractivity contribution in [2.45, 2.75) is 19.8 Å². The van der Waals surface area contributed by atoms with E-state index in [9.17, 15) is 4.79 Å². The number of hydrogen-bond donors (Lipinski definition) is 1. The summed E-state index contributed by atoms with van der Waals surface area (Å²) in [5, 5.41) is 2.91. The number of nitrogens with one attached hydrogen (secondary N) is 1. The van der Waals surface area contributed by atoms with Crippen molar-refractivity contribution in [1.82, 2.24) is 0 Å². The molecule has 0 radical (unpaired) electrons. The summed E-state index contributed by atoms with van der Waals surface area (Å²) in [5.74, 6) is 0.647. The first-order chi connectivity index (χ1) is 10.6. The lowest BCUT2D eigenvalue weighted by Gasteiger charge is -2.12. The van der Waals surface area contributed by atoms with Gasteiger partial charge in [-0.1, -0.05) is 49.0 Å². The second kappa shape index (κ2) is 8.03. The topological polar surface area (TPSA) is 38.3 Å². The average molecular weight is 295 g/mol. The van der Waals surface area contributed by atoms with Gasteiger partial charge in [0, 0.05) is 6.42 Å². The molecule has 114 valence electrons. The Morgan fingerprint density at radius 1 is 1.09 bits per heavy atom. The van der Waals surface area contributed by atoms with Gasteiger partial charge in [-0.25, -0.2) is 0 Å². The zero-order valence-electron chi connectivity index (χ0n) is 12.8. The number of rotatable bonds is 7. The van der Waals surface area contributed by atoms with Crippen LogP contribution < -0.4 is 10.1 Å². The molecule has 0 saturated heterocycles. The predicted molar refractivity (Wildman–Crippen MR) is 90.1 cm³/mol. The van der Waals surface area contributed by atoms with Crippen LogP contribution in [0.1, 0.15) is 18.9 Å². The minimum Gasteiger partial charge on any atom is -0.487 e. The lowest BCUT2D eigenvalue weighted by molar-refractivity contribution is -0.116. The Hall–Kier alpha value is -2.55. The van der Waals surface area contributed by atoms with E-state index in [1.807, 2.05) is 61.5 Å². The Bertz CT molecular complexity index is 635. The number of ether oxygens (including phenoxy) is 1. The van der Waals surface area contributed by atoms with Crippen LogP contribution in [0.25, 0.3) is 0 Å². The molecule has 0 fully saturated rings. The van der Waals surface area contributed by atoms with Crippen molar-refractivity contribution in [3.63, 3.8) is 0 Å². The van der Waals surface area contributed by atoms with E-state index >= 15 is 0 Å². The van der Waals surface area contributed by atoms with Crippen LogP contribution in [0.15, 0.2) is 66.7 Å². The van der Waals surface area contributed by atoms with Crippen molar-refractivity contribution in [3.05, 3.63) is 72.3 Å². The lowest BCUT2D eigenvalue weighted by atomic mass is 10.1. The zero-order valence-corrected chi connectivity index (χ0v) is 12.8. The molecule has 2 aromatic carbocycles. The molecule has 0 aliphatic heterocycles. The maximum absolute atomic E-state index is 12.1. The van der Waals surface area contributed by atoms with E-state index in [-0.39, 0.29) is 5.91 Å². The van der Waals surface area contributed by atoms with E-state index in [1.54, 1.807) is 0 Å². The molecule has 0 atom stereocenters. The number of carbonyl (C=O) groups excluding carboxylic acids is 1. The Balaban J connectivity index is 1.92. The van der Waals surface area contributed by atoms with Gasteiger partial charge in [0.15, 0.2) is 0 Å². The first-order valence-corrected chi connectivity index (χ1v) is 7.35. The van der Waals surface area contributed by atoms with Crippen LogP contribution in [0, 0.1) is 0 Å². The highest BCUT2D eigenvalue weighted by atomic mass is 16.5. The van der Waals surface area contributed by atoms with Gasteiger partial charge < -0.3 is 10.1 Å². The van der Waals surface area contributed by atoms with Gasteiger partial charge in [0.05, 0.1) is 5.69 Å². The van der Waals surface area contributed by atoms with Crippen molar-refractivity contribution >= 4 is 11.6 Å². The molecule has 0 heterocycles. The first-order valence-electron chi connectivity index (χ1n) is 7.35. The molecule has 0 spiro atoms. The normalized spacial score (nSPS) is 10.0. The summed E-state index contributed by atoms with van der Waals surface area (Å²) in [5.41, 5.74) is 2.79. The van der Waals surface area contributed by atoms with E-state index in [4.69, 9.17) is 4.74 Å². The van der Waals surface area contributed by atoms with Gasteiger partial charge in [0.25, 0.3) is 0 Å². The van der Waals surface area contributed by atoms with Crippen molar-refractivity contribution in [3.8, 4) is 5.75 Å². The quantitative estimate of drug-likeness (QED) is 0.777. The van der Waals surface area contributed by atoms with Crippen LogP contribution in [0.3, 0.4) is 0 Å². The van der Waals surface area contributed by atoms with Crippen LogP contribution in [-0.4, -0.2) is 12.5 Å². The summed E-state index contributed by atoms with van der Waals surface area (Å²) < 4.78 is 5.65. The Morgan fingerprint density at radius 3 is 2.50 bits per heavy atom. The molecule has 3 heteroatoms. The monoisotopic (exact) mass is 295 g/mol.